The average molecular weight is 358 g/mol. The van der Waals surface area contributed by atoms with Crippen molar-refractivity contribution in [2.24, 2.45) is 23.2 Å². The summed E-state index contributed by atoms with van der Waals surface area (Å²) in [7, 11) is 0. The maximum absolute atomic E-state index is 12.4. The second kappa shape index (κ2) is 7.48. The number of nitrogens with one attached hydrogen (secondary N) is 1. The molecule has 0 radical (unpaired) electrons. The van der Waals surface area contributed by atoms with Gasteiger partial charge in [0.15, 0.2) is 0 Å². The lowest BCUT2D eigenvalue weighted by Gasteiger charge is -2.36. The van der Waals surface area contributed by atoms with Crippen molar-refractivity contribution in [2.45, 2.75) is 77.0 Å². The van der Waals surface area contributed by atoms with Gasteiger partial charge in [0, 0.05) is 17.3 Å². The summed E-state index contributed by atoms with van der Waals surface area (Å²) in [4.78, 5) is 13.0. The van der Waals surface area contributed by atoms with Crippen LogP contribution in [0.15, 0.2) is 0 Å². The molecular weight excluding hydrogens is 326 g/mol. The van der Waals surface area contributed by atoms with Crippen LogP contribution in [0, 0.1) is 23.2 Å². The van der Waals surface area contributed by atoms with Crippen LogP contribution in [0.2, 0.25) is 0 Å². The number of carbonyl (C=O) groups is 1. The van der Waals surface area contributed by atoms with Gasteiger partial charge >= 0.3 is 0 Å². The number of hydrogen-bond acceptors (Lipinski definition) is 1. The Morgan fingerprint density at radius 3 is 2.24 bits per heavy atom. The first-order valence-corrected chi connectivity index (χ1v) is 9.71. The summed E-state index contributed by atoms with van der Waals surface area (Å²) in [6, 6.07) is 0. The van der Waals surface area contributed by atoms with E-state index >= 15 is 0 Å². The Kier molecular flexibility index (Phi) is 6.16. The minimum atomic E-state index is 0.265. The Hall–Kier alpha value is -0.0500. The molecule has 1 N–H and O–H groups in total. The molecule has 2 fully saturated rings. The van der Waals surface area contributed by atoms with E-state index in [0.717, 1.165) is 25.3 Å². The predicted octanol–water partition coefficient (Wildman–Crippen LogP) is 4.91. The summed E-state index contributed by atoms with van der Waals surface area (Å²) in [6.45, 7) is 7.86. The molecule has 2 aliphatic rings. The second-order valence-electron chi connectivity index (χ2n) is 8.22. The zero-order valence-electron chi connectivity index (χ0n) is 14.0. The zero-order valence-corrected chi connectivity index (χ0v) is 15.5. The van der Waals surface area contributed by atoms with Gasteiger partial charge in [-0.05, 0) is 55.8 Å². The monoisotopic (exact) mass is 357 g/mol. The van der Waals surface area contributed by atoms with Crippen LogP contribution >= 0.6 is 15.9 Å². The van der Waals surface area contributed by atoms with Gasteiger partial charge in [-0.1, -0.05) is 49.5 Å². The van der Waals surface area contributed by atoms with Crippen molar-refractivity contribution in [1.82, 2.24) is 5.32 Å². The molecule has 0 aliphatic heterocycles. The summed E-state index contributed by atoms with van der Waals surface area (Å²) in [5.41, 5.74) is 0.396. The lowest BCUT2D eigenvalue weighted by Crippen LogP contribution is -2.39. The molecule has 2 unspecified atom stereocenters. The van der Waals surface area contributed by atoms with Gasteiger partial charge in [-0.25, -0.2) is 0 Å². The molecular formula is C18H32BrNO. The third kappa shape index (κ3) is 4.97. The Balaban J connectivity index is 1.72. The van der Waals surface area contributed by atoms with Crippen LogP contribution in [0.1, 0.15) is 72.1 Å². The van der Waals surface area contributed by atoms with Gasteiger partial charge in [0.05, 0.1) is 0 Å². The van der Waals surface area contributed by atoms with Crippen LogP contribution in [0.4, 0.5) is 0 Å². The van der Waals surface area contributed by atoms with Crippen molar-refractivity contribution in [3.63, 3.8) is 0 Å². The van der Waals surface area contributed by atoms with Crippen LogP contribution in [-0.2, 0) is 4.79 Å². The fourth-order valence-corrected chi connectivity index (χ4v) is 4.76. The normalized spacial score (nSPS) is 34.5. The minimum absolute atomic E-state index is 0.265. The summed E-state index contributed by atoms with van der Waals surface area (Å²) in [5.74, 6) is 1.99. The quantitative estimate of drug-likeness (QED) is 0.714. The first kappa shape index (κ1) is 17.3. The van der Waals surface area contributed by atoms with E-state index in [1.807, 2.05) is 0 Å². The van der Waals surface area contributed by atoms with E-state index in [1.54, 1.807) is 0 Å². The molecule has 2 nitrogen and oxygen atoms in total. The Labute approximate surface area is 139 Å². The van der Waals surface area contributed by atoms with Crippen molar-refractivity contribution in [1.29, 1.82) is 0 Å². The van der Waals surface area contributed by atoms with Crippen molar-refractivity contribution < 1.29 is 4.79 Å². The molecule has 2 aliphatic carbocycles. The van der Waals surface area contributed by atoms with E-state index in [9.17, 15) is 4.79 Å². The molecule has 0 aromatic heterocycles. The Bertz CT molecular complexity index is 342. The largest absolute Gasteiger partial charge is 0.356 e. The smallest absolute Gasteiger partial charge is 0.223 e. The van der Waals surface area contributed by atoms with Gasteiger partial charge < -0.3 is 5.32 Å². The maximum atomic E-state index is 12.4. The highest BCUT2D eigenvalue weighted by molar-refractivity contribution is 9.09. The van der Waals surface area contributed by atoms with Gasteiger partial charge in [0.2, 0.25) is 5.91 Å². The van der Waals surface area contributed by atoms with E-state index in [1.165, 1.54) is 38.5 Å². The Morgan fingerprint density at radius 1 is 1.05 bits per heavy atom. The van der Waals surface area contributed by atoms with Gasteiger partial charge in [0.1, 0.15) is 0 Å². The summed E-state index contributed by atoms with van der Waals surface area (Å²) >= 11 is 3.78. The number of alkyl halides is 1. The highest BCUT2D eigenvalue weighted by Crippen LogP contribution is 2.39. The van der Waals surface area contributed by atoms with Gasteiger partial charge in [0.25, 0.3) is 0 Å². The number of carbonyl (C=O) groups excluding carboxylic acids is 1. The van der Waals surface area contributed by atoms with Crippen LogP contribution in [-0.4, -0.2) is 17.3 Å². The van der Waals surface area contributed by atoms with E-state index in [2.05, 4.69) is 42.0 Å². The van der Waals surface area contributed by atoms with E-state index in [-0.39, 0.29) is 5.92 Å². The minimum Gasteiger partial charge on any atom is -0.356 e. The van der Waals surface area contributed by atoms with Crippen molar-refractivity contribution in [3.8, 4) is 0 Å². The van der Waals surface area contributed by atoms with Crippen molar-refractivity contribution in [3.05, 3.63) is 0 Å². The molecule has 0 aromatic rings. The van der Waals surface area contributed by atoms with Crippen LogP contribution in [0.3, 0.4) is 0 Å². The van der Waals surface area contributed by atoms with Crippen LogP contribution in [0.5, 0.6) is 0 Å². The van der Waals surface area contributed by atoms with Crippen LogP contribution < -0.4 is 5.32 Å². The third-order valence-corrected chi connectivity index (χ3v) is 6.88. The first-order valence-electron chi connectivity index (χ1n) is 8.79. The van der Waals surface area contributed by atoms with E-state index < -0.39 is 0 Å². The fourth-order valence-electron chi connectivity index (χ4n) is 3.99. The molecule has 1 amide bonds. The first-order chi connectivity index (χ1) is 9.88. The molecule has 0 bridgehead atoms. The summed E-state index contributed by atoms with van der Waals surface area (Å²) in [6.07, 6.45) is 9.76. The van der Waals surface area contributed by atoms with Gasteiger partial charge in [-0.15, -0.1) is 0 Å². The number of amides is 1. The standard InChI is InChI=1S/C18H32BrNO/c1-18(2,3)15-10-8-13(9-11-15)17(21)20-12-14-6-4-5-7-16(14)19/h13-16H,4-12H2,1-3H3,(H,20,21). The zero-order chi connectivity index (χ0) is 15.5. The SMILES string of the molecule is CC(C)(C)C1CCC(C(=O)NCC2CCCCC2Br)CC1. The molecule has 3 heteroatoms. The summed E-state index contributed by atoms with van der Waals surface area (Å²) in [5, 5.41) is 3.24. The molecule has 2 saturated carbocycles. The highest BCUT2D eigenvalue weighted by atomic mass is 79.9. The van der Waals surface area contributed by atoms with E-state index in [4.69, 9.17) is 0 Å². The lowest BCUT2D eigenvalue weighted by molar-refractivity contribution is -0.126. The molecule has 0 heterocycles. The molecule has 122 valence electrons. The maximum Gasteiger partial charge on any atom is 0.223 e. The van der Waals surface area contributed by atoms with Gasteiger partial charge in [-0.2, -0.15) is 0 Å². The molecule has 2 rings (SSSR count). The average Bonchev–Trinajstić information content (AvgIpc) is 2.45. The van der Waals surface area contributed by atoms with Crippen molar-refractivity contribution in [2.75, 3.05) is 6.54 Å². The van der Waals surface area contributed by atoms with E-state index in [0.29, 0.717) is 22.1 Å². The fraction of sp³-hybridized carbons (Fsp3) is 0.944. The highest BCUT2D eigenvalue weighted by Gasteiger charge is 2.32. The molecule has 0 aromatic carbocycles. The topological polar surface area (TPSA) is 29.1 Å². The molecule has 0 spiro atoms. The van der Waals surface area contributed by atoms with Crippen LogP contribution in [0.25, 0.3) is 0 Å². The summed E-state index contributed by atoms with van der Waals surface area (Å²) < 4.78 is 0. The number of hydrogen-bond donors (Lipinski definition) is 1. The van der Waals surface area contributed by atoms with Crippen molar-refractivity contribution >= 4 is 21.8 Å². The molecule has 21 heavy (non-hydrogen) atoms. The predicted molar refractivity (Wildman–Crippen MR) is 92.6 cm³/mol. The van der Waals surface area contributed by atoms with Gasteiger partial charge in [-0.3, -0.25) is 4.79 Å². The number of halogens is 1. The molecule has 0 saturated heterocycles. The molecule has 2 atom stereocenters. The Morgan fingerprint density at radius 2 is 1.67 bits per heavy atom. The second-order valence-corrected chi connectivity index (χ2v) is 9.40. The number of rotatable bonds is 3. The third-order valence-electron chi connectivity index (χ3n) is 5.68. The lowest BCUT2D eigenvalue weighted by atomic mass is 9.69.